The van der Waals surface area contributed by atoms with E-state index in [4.69, 9.17) is 14.7 Å². The molecule has 0 spiro atoms. The van der Waals surface area contributed by atoms with E-state index in [1.54, 1.807) is 4.90 Å². The van der Waals surface area contributed by atoms with Crippen LogP contribution >= 0.6 is 0 Å². The van der Waals surface area contributed by atoms with Gasteiger partial charge in [-0.15, -0.1) is 0 Å². The van der Waals surface area contributed by atoms with Crippen LogP contribution in [0.1, 0.15) is 36.1 Å². The summed E-state index contributed by atoms with van der Waals surface area (Å²) in [6, 6.07) is 15.4. The van der Waals surface area contributed by atoms with E-state index in [-0.39, 0.29) is 24.0 Å². The number of anilines is 2. The van der Waals surface area contributed by atoms with Gasteiger partial charge in [0.05, 0.1) is 30.8 Å². The minimum Gasteiger partial charge on any atom is -0.455 e. The molecule has 2 aliphatic heterocycles. The van der Waals surface area contributed by atoms with Crippen LogP contribution in [0.5, 0.6) is 6.01 Å². The van der Waals surface area contributed by atoms with Gasteiger partial charge in [-0.3, -0.25) is 4.79 Å². The third kappa shape index (κ3) is 5.39. The molecule has 9 nitrogen and oxygen atoms in total. The average molecular weight is 566 g/mol. The minimum atomic E-state index is -0.255. The molecular formula is C33H39N7O2. The largest absolute Gasteiger partial charge is 0.455 e. The molecule has 1 amide bonds. The first-order valence-corrected chi connectivity index (χ1v) is 14.8. The molecule has 218 valence electrons. The van der Waals surface area contributed by atoms with E-state index in [9.17, 15) is 10.1 Å². The molecule has 0 bridgehead atoms. The van der Waals surface area contributed by atoms with Crippen molar-refractivity contribution in [2.24, 2.45) is 0 Å². The first-order valence-electron chi connectivity index (χ1n) is 14.8. The van der Waals surface area contributed by atoms with E-state index in [1.165, 1.54) is 28.1 Å². The molecule has 3 heterocycles. The lowest BCUT2D eigenvalue weighted by atomic mass is 9.99. The molecule has 1 saturated heterocycles. The number of amides is 1. The fourth-order valence-corrected chi connectivity index (χ4v) is 6.61. The highest BCUT2D eigenvalue weighted by Gasteiger charge is 2.47. The van der Waals surface area contributed by atoms with Crippen molar-refractivity contribution in [1.82, 2.24) is 19.8 Å². The Hall–Kier alpha value is -4.16. The van der Waals surface area contributed by atoms with Gasteiger partial charge < -0.3 is 24.3 Å². The van der Waals surface area contributed by atoms with Gasteiger partial charge in [-0.25, -0.2) is 0 Å². The van der Waals surface area contributed by atoms with E-state index < -0.39 is 0 Å². The Bertz CT molecular complexity index is 1550. The Morgan fingerprint density at radius 3 is 2.67 bits per heavy atom. The standard InChI is InChI=1S/C33H39N7O2/c1-5-29(41)40-19-18-39(20-25(40)12-16-34)31-26-13-17-38(28-11-7-10-24-9-6-8-23(2)30(24)28)21-27(26)35-32(36-31)42-33(14-15-33)22-37(3)4/h5-11,25H,1,12-15,17-22H2,2-4H3/t25-/m0/s1. The number of likely N-dealkylation sites (N-methyl/N-ethyl adjacent to an activating group) is 1. The second-order valence-corrected chi connectivity index (χ2v) is 12.1. The molecule has 42 heavy (non-hydrogen) atoms. The lowest BCUT2D eigenvalue weighted by molar-refractivity contribution is -0.128. The smallest absolute Gasteiger partial charge is 0.319 e. The number of hydrogen-bond acceptors (Lipinski definition) is 8. The first-order chi connectivity index (χ1) is 20.3. The van der Waals surface area contributed by atoms with E-state index >= 15 is 0 Å². The number of aromatic nitrogens is 2. The van der Waals surface area contributed by atoms with Gasteiger partial charge >= 0.3 is 6.01 Å². The summed E-state index contributed by atoms with van der Waals surface area (Å²) in [4.78, 5) is 31.2. The third-order valence-corrected chi connectivity index (χ3v) is 8.74. The van der Waals surface area contributed by atoms with Gasteiger partial charge in [-0.2, -0.15) is 15.2 Å². The number of aryl methyl sites for hydroxylation is 1. The fraction of sp³-hybridized carbons (Fsp3) is 0.455. The number of nitriles is 1. The lowest BCUT2D eigenvalue weighted by Gasteiger charge is -2.42. The quantitative estimate of drug-likeness (QED) is 0.378. The normalized spacial score (nSPS) is 19.4. The maximum atomic E-state index is 12.5. The zero-order valence-corrected chi connectivity index (χ0v) is 24.8. The second-order valence-electron chi connectivity index (χ2n) is 12.1. The van der Waals surface area contributed by atoms with Crippen LogP contribution in [0.3, 0.4) is 0 Å². The summed E-state index contributed by atoms with van der Waals surface area (Å²) in [5.74, 6) is 0.738. The Labute approximate surface area is 248 Å². The highest BCUT2D eigenvalue weighted by Crippen LogP contribution is 2.41. The first kappa shape index (κ1) is 28.0. The maximum Gasteiger partial charge on any atom is 0.319 e. The topological polar surface area (TPSA) is 88.8 Å². The number of ether oxygens (including phenoxy) is 1. The number of benzene rings is 2. The van der Waals surface area contributed by atoms with Crippen molar-refractivity contribution in [3.05, 3.63) is 65.9 Å². The molecule has 0 unspecified atom stereocenters. The number of fused-ring (bicyclic) bond motifs is 2. The number of hydrogen-bond donors (Lipinski definition) is 0. The number of carbonyl (C=O) groups is 1. The Balaban J connectivity index is 1.37. The zero-order valence-electron chi connectivity index (χ0n) is 24.8. The Morgan fingerprint density at radius 2 is 1.95 bits per heavy atom. The summed E-state index contributed by atoms with van der Waals surface area (Å²) < 4.78 is 6.56. The summed E-state index contributed by atoms with van der Waals surface area (Å²) in [6.45, 7) is 9.82. The van der Waals surface area contributed by atoms with Gasteiger partial charge in [0.1, 0.15) is 11.4 Å². The maximum absolute atomic E-state index is 12.5. The highest BCUT2D eigenvalue weighted by molar-refractivity contribution is 5.97. The molecule has 0 radical (unpaired) electrons. The van der Waals surface area contributed by atoms with Crippen molar-refractivity contribution < 1.29 is 9.53 Å². The fourth-order valence-electron chi connectivity index (χ4n) is 6.61. The van der Waals surface area contributed by atoms with Crippen molar-refractivity contribution in [1.29, 1.82) is 5.26 Å². The summed E-state index contributed by atoms with van der Waals surface area (Å²) >= 11 is 0. The van der Waals surface area contributed by atoms with Crippen molar-refractivity contribution in [2.75, 3.05) is 56.6 Å². The van der Waals surface area contributed by atoms with Crippen molar-refractivity contribution >= 4 is 28.2 Å². The lowest BCUT2D eigenvalue weighted by Crippen LogP contribution is -2.55. The van der Waals surface area contributed by atoms with Crippen molar-refractivity contribution in [3.8, 4) is 12.1 Å². The molecule has 2 aromatic carbocycles. The summed E-state index contributed by atoms with van der Waals surface area (Å²) in [5, 5.41) is 12.0. The number of piperazine rings is 1. The van der Waals surface area contributed by atoms with E-state index in [0.717, 1.165) is 49.4 Å². The molecular weight excluding hydrogens is 526 g/mol. The number of carbonyl (C=O) groups excluding carboxylic acids is 1. The Morgan fingerprint density at radius 1 is 1.17 bits per heavy atom. The molecule has 1 aliphatic carbocycles. The predicted octanol–water partition coefficient (Wildman–Crippen LogP) is 4.09. The van der Waals surface area contributed by atoms with Gasteiger partial charge in [0, 0.05) is 49.4 Å². The molecule has 9 heteroatoms. The van der Waals surface area contributed by atoms with Gasteiger partial charge in [-0.05, 0) is 63.4 Å². The third-order valence-electron chi connectivity index (χ3n) is 8.74. The summed E-state index contributed by atoms with van der Waals surface area (Å²) in [6.07, 6.45) is 4.35. The van der Waals surface area contributed by atoms with Crippen LogP contribution in [0.25, 0.3) is 10.8 Å². The van der Waals surface area contributed by atoms with Crippen LogP contribution in [-0.2, 0) is 17.8 Å². The summed E-state index contributed by atoms with van der Waals surface area (Å²) in [5.41, 5.74) is 4.34. The zero-order chi connectivity index (χ0) is 29.4. The van der Waals surface area contributed by atoms with Crippen molar-refractivity contribution in [2.45, 2.75) is 50.8 Å². The SMILES string of the molecule is C=CC(=O)N1CCN(c2nc(OC3(CN(C)C)CC3)nc3c2CCN(c2cccc4cccc(C)c24)C3)C[C@@H]1CC#N. The van der Waals surface area contributed by atoms with E-state index in [0.29, 0.717) is 32.2 Å². The molecule has 3 aliphatic rings. The van der Waals surface area contributed by atoms with Gasteiger partial charge in [0.2, 0.25) is 5.91 Å². The molecule has 3 aromatic rings. The van der Waals surface area contributed by atoms with Crippen molar-refractivity contribution in [3.63, 3.8) is 0 Å². The van der Waals surface area contributed by atoms with E-state index in [2.05, 4.69) is 84.8 Å². The van der Waals surface area contributed by atoms with Gasteiger partial charge in [-0.1, -0.05) is 36.9 Å². The van der Waals surface area contributed by atoms with E-state index in [1.807, 2.05) is 0 Å². The predicted molar refractivity (Wildman–Crippen MR) is 165 cm³/mol. The number of rotatable bonds is 8. The molecule has 2 fully saturated rings. The molecule has 1 atom stereocenters. The minimum absolute atomic E-state index is 0.135. The van der Waals surface area contributed by atoms with Gasteiger partial charge in [0.15, 0.2) is 0 Å². The van der Waals surface area contributed by atoms with Crippen LogP contribution in [0.4, 0.5) is 11.5 Å². The molecule has 0 N–H and O–H groups in total. The van der Waals surface area contributed by atoms with Crippen LogP contribution in [-0.4, -0.2) is 84.1 Å². The van der Waals surface area contributed by atoms with Crippen LogP contribution in [0.15, 0.2) is 49.1 Å². The highest BCUT2D eigenvalue weighted by atomic mass is 16.5. The molecule has 1 aromatic heterocycles. The second kappa shape index (κ2) is 11.3. The summed E-state index contributed by atoms with van der Waals surface area (Å²) in [7, 11) is 4.12. The van der Waals surface area contributed by atoms with Crippen LogP contribution in [0, 0.1) is 18.3 Å². The number of nitrogens with zero attached hydrogens (tertiary/aromatic N) is 7. The molecule has 6 rings (SSSR count). The Kier molecular flexibility index (Phi) is 7.50. The molecule has 1 saturated carbocycles. The van der Waals surface area contributed by atoms with Gasteiger partial charge in [0.25, 0.3) is 0 Å². The monoisotopic (exact) mass is 565 g/mol. The van der Waals surface area contributed by atoms with Crippen LogP contribution in [0.2, 0.25) is 0 Å². The van der Waals surface area contributed by atoms with Crippen LogP contribution < -0.4 is 14.5 Å². The average Bonchev–Trinajstić information content (AvgIpc) is 3.73.